The molecule has 1 aromatic heterocycles. The molecule has 0 aliphatic heterocycles. The highest BCUT2D eigenvalue weighted by Gasteiger charge is 2.41. The fourth-order valence-corrected chi connectivity index (χ4v) is 3.09. The number of halogens is 6. The standard InChI is InChI=1S/C20H19ClF5N5O2/c1-31-17(16(20(24,25)26)19(30-31)33-9-15(22)23)28-8-11(7-27)10-2-5-14(21)13(6-10)18(32)29-12-3-4-12/h2,5-8,12,15,27-28H,3-4,9H2,1H3,(H,29,32)/b11-8+,27-7?. The number of aryl methyl sites for hydroxylation is 1. The molecule has 1 aliphatic carbocycles. The summed E-state index contributed by atoms with van der Waals surface area (Å²) in [6, 6.07) is 4.45. The predicted molar refractivity (Wildman–Crippen MR) is 112 cm³/mol. The van der Waals surface area contributed by atoms with E-state index < -0.39 is 42.4 Å². The van der Waals surface area contributed by atoms with E-state index in [0.717, 1.165) is 29.9 Å². The van der Waals surface area contributed by atoms with Crippen LogP contribution in [-0.2, 0) is 13.2 Å². The van der Waals surface area contributed by atoms with Crippen molar-refractivity contribution in [1.29, 1.82) is 5.41 Å². The van der Waals surface area contributed by atoms with Gasteiger partial charge in [-0.15, -0.1) is 5.10 Å². The van der Waals surface area contributed by atoms with Gasteiger partial charge in [-0.3, -0.25) is 4.79 Å². The average molecular weight is 492 g/mol. The fourth-order valence-electron chi connectivity index (χ4n) is 2.89. The van der Waals surface area contributed by atoms with Gasteiger partial charge >= 0.3 is 6.18 Å². The quantitative estimate of drug-likeness (QED) is 0.349. The molecule has 0 atom stereocenters. The second-order valence-corrected chi connectivity index (χ2v) is 7.59. The zero-order chi connectivity index (χ0) is 24.3. The van der Waals surface area contributed by atoms with Crippen molar-refractivity contribution in [1.82, 2.24) is 15.1 Å². The lowest BCUT2D eigenvalue weighted by atomic mass is 10.0. The van der Waals surface area contributed by atoms with E-state index >= 15 is 0 Å². The highest BCUT2D eigenvalue weighted by atomic mass is 35.5. The summed E-state index contributed by atoms with van der Waals surface area (Å²) in [5, 5.41) is 16.6. The van der Waals surface area contributed by atoms with E-state index in [4.69, 9.17) is 17.0 Å². The maximum absolute atomic E-state index is 13.6. The minimum Gasteiger partial charge on any atom is -0.470 e. The molecule has 0 spiro atoms. The Balaban J connectivity index is 1.91. The monoisotopic (exact) mass is 491 g/mol. The Morgan fingerprint density at radius 3 is 2.67 bits per heavy atom. The first-order valence-corrected chi connectivity index (χ1v) is 10.0. The number of ether oxygens (including phenoxy) is 1. The van der Waals surface area contributed by atoms with Crippen molar-refractivity contribution in [3.05, 3.63) is 46.1 Å². The number of alkyl halides is 5. The van der Waals surface area contributed by atoms with Crippen LogP contribution in [-0.4, -0.2) is 41.0 Å². The van der Waals surface area contributed by atoms with Gasteiger partial charge in [0.05, 0.1) is 10.6 Å². The summed E-state index contributed by atoms with van der Waals surface area (Å²) in [5.41, 5.74) is -0.746. The van der Waals surface area contributed by atoms with E-state index in [0.29, 0.717) is 5.56 Å². The highest BCUT2D eigenvalue weighted by Crippen LogP contribution is 2.41. The Bertz CT molecular complexity index is 1080. The molecule has 2 aromatic rings. The van der Waals surface area contributed by atoms with Crippen LogP contribution in [0.15, 0.2) is 24.4 Å². The molecule has 178 valence electrons. The number of amides is 1. The molecule has 7 nitrogen and oxygen atoms in total. The lowest BCUT2D eigenvalue weighted by molar-refractivity contribution is -0.138. The molecular weight excluding hydrogens is 473 g/mol. The molecule has 3 N–H and O–H groups in total. The molecule has 0 saturated heterocycles. The Labute approximate surface area is 190 Å². The number of nitrogens with one attached hydrogen (secondary N) is 3. The van der Waals surface area contributed by atoms with Crippen LogP contribution in [0.3, 0.4) is 0 Å². The molecule has 1 saturated carbocycles. The average Bonchev–Trinajstić information content (AvgIpc) is 3.48. The van der Waals surface area contributed by atoms with Crippen molar-refractivity contribution in [3.8, 4) is 5.88 Å². The zero-order valence-corrected chi connectivity index (χ0v) is 17.9. The summed E-state index contributed by atoms with van der Waals surface area (Å²) in [6.07, 6.45) is -4.23. The van der Waals surface area contributed by atoms with Crippen molar-refractivity contribution < 1.29 is 31.5 Å². The number of aromatic nitrogens is 2. The van der Waals surface area contributed by atoms with E-state index in [2.05, 4.69) is 20.5 Å². The fraction of sp³-hybridized carbons (Fsp3) is 0.350. The SMILES string of the molecule is Cn1nc(OCC(F)F)c(C(F)(F)F)c1N/C=C(\C=N)c1ccc(Cl)c(C(=O)NC2CC2)c1. The number of hydrogen-bond donors (Lipinski definition) is 3. The van der Waals surface area contributed by atoms with E-state index in [9.17, 15) is 26.7 Å². The van der Waals surface area contributed by atoms with Crippen LogP contribution in [0.2, 0.25) is 5.02 Å². The second kappa shape index (κ2) is 9.77. The predicted octanol–water partition coefficient (Wildman–Crippen LogP) is 4.73. The minimum atomic E-state index is -4.96. The molecule has 3 rings (SSSR count). The van der Waals surface area contributed by atoms with Gasteiger partial charge in [-0.25, -0.2) is 13.5 Å². The van der Waals surface area contributed by atoms with Crippen LogP contribution in [0.1, 0.15) is 34.3 Å². The zero-order valence-electron chi connectivity index (χ0n) is 17.1. The number of benzene rings is 1. The Hall–Kier alpha value is -3.15. The molecule has 0 bridgehead atoms. The first kappa shape index (κ1) is 24.5. The molecule has 0 unspecified atom stereocenters. The molecule has 1 fully saturated rings. The number of anilines is 1. The van der Waals surface area contributed by atoms with E-state index in [1.54, 1.807) is 0 Å². The first-order valence-electron chi connectivity index (χ1n) is 9.64. The molecule has 1 heterocycles. The summed E-state index contributed by atoms with van der Waals surface area (Å²) in [6.45, 7) is -1.25. The van der Waals surface area contributed by atoms with Gasteiger partial charge in [0.15, 0.2) is 12.2 Å². The van der Waals surface area contributed by atoms with Gasteiger partial charge in [-0.05, 0) is 30.5 Å². The molecule has 33 heavy (non-hydrogen) atoms. The summed E-state index contributed by atoms with van der Waals surface area (Å²) >= 11 is 6.11. The summed E-state index contributed by atoms with van der Waals surface area (Å²) in [5.74, 6) is -1.97. The summed E-state index contributed by atoms with van der Waals surface area (Å²) in [7, 11) is 1.17. The summed E-state index contributed by atoms with van der Waals surface area (Å²) in [4.78, 5) is 12.4. The third-order valence-corrected chi connectivity index (χ3v) is 4.95. The Morgan fingerprint density at radius 2 is 2.09 bits per heavy atom. The lowest BCUT2D eigenvalue weighted by Gasteiger charge is -2.12. The van der Waals surface area contributed by atoms with Crippen LogP contribution in [0, 0.1) is 5.41 Å². The van der Waals surface area contributed by atoms with Crippen LogP contribution in [0.5, 0.6) is 5.88 Å². The van der Waals surface area contributed by atoms with Crippen molar-refractivity contribution >= 4 is 35.1 Å². The van der Waals surface area contributed by atoms with Gasteiger partial charge in [-0.2, -0.15) is 13.2 Å². The number of hydrogen-bond acceptors (Lipinski definition) is 5. The molecule has 1 aliphatic rings. The second-order valence-electron chi connectivity index (χ2n) is 7.18. The molecule has 1 amide bonds. The molecule has 13 heteroatoms. The van der Waals surface area contributed by atoms with Crippen LogP contribution in [0.4, 0.5) is 27.8 Å². The normalized spacial score (nSPS) is 14.4. The largest absolute Gasteiger partial charge is 0.470 e. The van der Waals surface area contributed by atoms with Gasteiger partial charge in [0.2, 0.25) is 5.88 Å². The Morgan fingerprint density at radius 1 is 1.39 bits per heavy atom. The number of allylic oxidation sites excluding steroid dienone is 1. The third kappa shape index (κ3) is 6.01. The molecule has 1 aromatic carbocycles. The van der Waals surface area contributed by atoms with Crippen molar-refractivity contribution in [3.63, 3.8) is 0 Å². The van der Waals surface area contributed by atoms with Crippen LogP contribution in [0.25, 0.3) is 5.57 Å². The summed E-state index contributed by atoms with van der Waals surface area (Å²) < 4.78 is 70.9. The maximum Gasteiger partial charge on any atom is 0.425 e. The molecule has 0 radical (unpaired) electrons. The lowest BCUT2D eigenvalue weighted by Crippen LogP contribution is -2.25. The van der Waals surface area contributed by atoms with Crippen LogP contribution >= 0.6 is 11.6 Å². The maximum atomic E-state index is 13.6. The number of nitrogens with zero attached hydrogens (tertiary/aromatic N) is 2. The smallest absolute Gasteiger partial charge is 0.425 e. The number of carbonyl (C=O) groups is 1. The molecular formula is C20H19ClF5N5O2. The highest BCUT2D eigenvalue weighted by molar-refractivity contribution is 6.34. The van der Waals surface area contributed by atoms with Gasteiger partial charge in [0.25, 0.3) is 12.3 Å². The topological polar surface area (TPSA) is 92.0 Å². The van der Waals surface area contributed by atoms with Gasteiger partial charge in [-0.1, -0.05) is 17.7 Å². The van der Waals surface area contributed by atoms with Crippen molar-refractivity contribution in [2.45, 2.75) is 31.5 Å². The van der Waals surface area contributed by atoms with Gasteiger partial charge in [0, 0.05) is 31.1 Å². The third-order valence-electron chi connectivity index (χ3n) is 4.62. The first-order chi connectivity index (χ1) is 15.5. The van der Waals surface area contributed by atoms with Gasteiger partial charge in [0.1, 0.15) is 5.82 Å². The van der Waals surface area contributed by atoms with Gasteiger partial charge < -0.3 is 20.8 Å². The minimum absolute atomic E-state index is 0.0868. The van der Waals surface area contributed by atoms with E-state index in [-0.39, 0.29) is 22.2 Å². The van der Waals surface area contributed by atoms with Crippen molar-refractivity contribution in [2.24, 2.45) is 7.05 Å². The van der Waals surface area contributed by atoms with Crippen molar-refractivity contribution in [2.75, 3.05) is 11.9 Å². The number of carbonyl (C=O) groups excluding carboxylic acids is 1. The van der Waals surface area contributed by atoms with E-state index in [1.165, 1.54) is 25.2 Å². The Kier molecular flexibility index (Phi) is 7.25. The van der Waals surface area contributed by atoms with E-state index in [1.807, 2.05) is 0 Å². The van der Waals surface area contributed by atoms with Crippen LogP contribution < -0.4 is 15.4 Å². The number of rotatable bonds is 9.